The number of nitrogens with zero attached hydrogens (tertiary/aromatic N) is 2. The number of carbonyl (C=O) groups excluding carboxylic acids is 4. The van der Waals surface area contributed by atoms with E-state index in [9.17, 15) is 24.3 Å². The number of carbonyl (C=O) groups is 4. The van der Waals surface area contributed by atoms with Crippen molar-refractivity contribution in [3.63, 3.8) is 0 Å². The molecule has 1 spiro atoms. The smallest absolute Gasteiger partial charge is 0.251 e. The Labute approximate surface area is 259 Å². The van der Waals surface area contributed by atoms with Crippen LogP contribution in [0.5, 0.6) is 0 Å². The van der Waals surface area contributed by atoms with Crippen LogP contribution in [0.4, 0.5) is 0 Å². The number of nitrogens with one attached hydrogen (secondary N) is 2. The van der Waals surface area contributed by atoms with Crippen molar-refractivity contribution in [1.29, 1.82) is 0 Å². The number of benzene rings is 2. The number of likely N-dealkylation sites (tertiary alicyclic amines) is 1. The second-order valence-corrected chi connectivity index (χ2v) is 12.2. The van der Waals surface area contributed by atoms with Crippen LogP contribution in [0.2, 0.25) is 0 Å². The van der Waals surface area contributed by atoms with E-state index in [-0.39, 0.29) is 29.4 Å². The van der Waals surface area contributed by atoms with Gasteiger partial charge in [-0.2, -0.15) is 0 Å². The van der Waals surface area contributed by atoms with Gasteiger partial charge in [0.1, 0.15) is 11.6 Å². The third kappa shape index (κ3) is 6.57. The zero-order valence-corrected chi connectivity index (χ0v) is 25.7. The van der Waals surface area contributed by atoms with Crippen LogP contribution in [-0.4, -0.2) is 96.0 Å². The Morgan fingerprint density at radius 3 is 2.18 bits per heavy atom. The van der Waals surface area contributed by atoms with Gasteiger partial charge in [0.15, 0.2) is 5.78 Å². The molecule has 0 radical (unpaired) electrons. The summed E-state index contributed by atoms with van der Waals surface area (Å²) in [5.41, 5.74) is 1.73. The largest absolute Gasteiger partial charge is 0.390 e. The van der Waals surface area contributed by atoms with Crippen LogP contribution >= 0.6 is 0 Å². The third-order valence-corrected chi connectivity index (χ3v) is 9.53. The van der Waals surface area contributed by atoms with Crippen molar-refractivity contribution >= 4 is 23.5 Å². The van der Waals surface area contributed by atoms with Crippen molar-refractivity contribution in [2.24, 2.45) is 5.92 Å². The predicted octanol–water partition coefficient (Wildman–Crippen LogP) is 2.53. The molecular formula is C34H44N4O6. The molecule has 3 N–H and O–H groups in total. The highest BCUT2D eigenvalue weighted by Gasteiger charge is 2.55. The Morgan fingerprint density at radius 2 is 1.59 bits per heavy atom. The molecule has 2 atom stereocenters. The molecule has 2 aromatic rings. The number of ketones is 1. The van der Waals surface area contributed by atoms with Crippen molar-refractivity contribution < 1.29 is 29.0 Å². The minimum atomic E-state index is -0.923. The first-order valence-electron chi connectivity index (χ1n) is 15.8. The standard InChI is InChI=1S/C34H44N4O6/c1-3-4-17-38-32(42)28(30(40)26-13-20-44-21-14-26)36-33(43)34(38)15-18-37(19-16-34)22-23-5-7-24(8-6-23)29(39)25-9-11-27(12-10-25)31(41)35-2/h5-12,26,28,30,40H,3-4,13-22H2,1-2H3,(H,35,41)(H,36,43)/t28-,30-/m1/s1. The number of piperazine rings is 1. The molecule has 0 aromatic heterocycles. The van der Waals surface area contributed by atoms with Gasteiger partial charge in [-0.05, 0) is 55.7 Å². The average Bonchev–Trinajstić information content (AvgIpc) is 3.07. The number of rotatable bonds is 10. The molecule has 0 saturated carbocycles. The molecule has 3 fully saturated rings. The number of aliphatic hydroxyl groups excluding tert-OH is 1. The van der Waals surface area contributed by atoms with Gasteiger partial charge in [-0.1, -0.05) is 49.7 Å². The summed E-state index contributed by atoms with van der Waals surface area (Å²) < 4.78 is 5.43. The highest BCUT2D eigenvalue weighted by molar-refractivity contribution is 6.09. The number of hydrogen-bond acceptors (Lipinski definition) is 7. The van der Waals surface area contributed by atoms with E-state index in [4.69, 9.17) is 4.74 Å². The molecular weight excluding hydrogens is 560 g/mol. The van der Waals surface area contributed by atoms with E-state index in [2.05, 4.69) is 22.5 Å². The van der Waals surface area contributed by atoms with Crippen molar-refractivity contribution in [3.8, 4) is 0 Å². The van der Waals surface area contributed by atoms with Crippen LogP contribution in [-0.2, 0) is 20.9 Å². The van der Waals surface area contributed by atoms with Gasteiger partial charge in [0.2, 0.25) is 11.8 Å². The molecule has 10 nitrogen and oxygen atoms in total. The second kappa shape index (κ2) is 14.0. The van der Waals surface area contributed by atoms with Gasteiger partial charge in [0, 0.05) is 63.1 Å². The van der Waals surface area contributed by atoms with E-state index in [0.29, 0.717) is 81.8 Å². The molecule has 0 unspecified atom stereocenters. The second-order valence-electron chi connectivity index (χ2n) is 12.2. The number of unbranched alkanes of at least 4 members (excludes halogenated alkanes) is 1. The molecule has 3 aliphatic heterocycles. The lowest BCUT2D eigenvalue weighted by Crippen LogP contribution is -2.75. The van der Waals surface area contributed by atoms with Crippen LogP contribution in [0.15, 0.2) is 48.5 Å². The summed E-state index contributed by atoms with van der Waals surface area (Å²) in [5.74, 6) is -0.711. The molecule has 3 aliphatic rings. The third-order valence-electron chi connectivity index (χ3n) is 9.53. The molecule has 5 rings (SSSR count). The first kappa shape index (κ1) is 31.8. The number of amides is 3. The van der Waals surface area contributed by atoms with Crippen molar-refractivity contribution in [2.75, 3.05) is 39.9 Å². The lowest BCUT2D eigenvalue weighted by Gasteiger charge is -2.52. The fourth-order valence-electron chi connectivity index (χ4n) is 6.72. The van der Waals surface area contributed by atoms with E-state index in [1.54, 1.807) is 36.2 Å². The number of aliphatic hydroxyl groups is 1. The van der Waals surface area contributed by atoms with Crippen molar-refractivity contribution in [2.45, 2.75) is 69.7 Å². The maximum Gasteiger partial charge on any atom is 0.251 e. The van der Waals surface area contributed by atoms with Crippen molar-refractivity contribution in [1.82, 2.24) is 20.4 Å². The molecule has 0 bridgehead atoms. The summed E-state index contributed by atoms with van der Waals surface area (Å²) in [7, 11) is 1.57. The van der Waals surface area contributed by atoms with Gasteiger partial charge in [0.05, 0.1) is 6.10 Å². The SMILES string of the molecule is CCCCN1C(=O)[C@@H]([C@H](O)C2CCOCC2)NC(=O)C12CCN(Cc1ccc(C(=O)c3ccc(C(=O)NC)cc3)cc1)CC2. The Bertz CT molecular complexity index is 1330. The highest BCUT2D eigenvalue weighted by atomic mass is 16.5. The number of piperidine rings is 1. The summed E-state index contributed by atoms with van der Waals surface area (Å²) in [6.07, 6.45) is 3.19. The van der Waals surface area contributed by atoms with E-state index in [1.165, 1.54) is 0 Å². The minimum absolute atomic E-state index is 0.0711. The van der Waals surface area contributed by atoms with Gasteiger partial charge in [-0.15, -0.1) is 0 Å². The normalized spacial score (nSPS) is 21.6. The van der Waals surface area contributed by atoms with Crippen LogP contribution in [0.3, 0.4) is 0 Å². The van der Waals surface area contributed by atoms with E-state index in [1.807, 2.05) is 24.3 Å². The lowest BCUT2D eigenvalue weighted by atomic mass is 9.79. The minimum Gasteiger partial charge on any atom is -0.390 e. The summed E-state index contributed by atoms with van der Waals surface area (Å²) in [6, 6.07) is 13.2. The Hall–Kier alpha value is -3.60. The van der Waals surface area contributed by atoms with Crippen LogP contribution in [0, 0.1) is 5.92 Å². The zero-order valence-electron chi connectivity index (χ0n) is 25.7. The maximum absolute atomic E-state index is 13.8. The molecule has 3 amide bonds. The fourth-order valence-corrected chi connectivity index (χ4v) is 6.72. The zero-order chi connectivity index (χ0) is 31.3. The van der Waals surface area contributed by atoms with Crippen molar-refractivity contribution in [3.05, 3.63) is 70.8 Å². The van der Waals surface area contributed by atoms with Crippen LogP contribution in [0.1, 0.15) is 77.3 Å². The number of ether oxygens (including phenoxy) is 1. The quantitative estimate of drug-likeness (QED) is 0.356. The molecule has 10 heteroatoms. The number of hydrogen-bond donors (Lipinski definition) is 3. The first-order valence-corrected chi connectivity index (χ1v) is 15.8. The van der Waals surface area contributed by atoms with Gasteiger partial charge >= 0.3 is 0 Å². The predicted molar refractivity (Wildman–Crippen MR) is 165 cm³/mol. The molecule has 3 saturated heterocycles. The summed E-state index contributed by atoms with van der Waals surface area (Å²) in [5, 5.41) is 16.6. The summed E-state index contributed by atoms with van der Waals surface area (Å²) in [6.45, 7) is 5.65. The van der Waals surface area contributed by atoms with E-state index < -0.39 is 17.7 Å². The molecule has 236 valence electrons. The van der Waals surface area contributed by atoms with Crippen LogP contribution in [0.25, 0.3) is 0 Å². The Kier molecular flexibility index (Phi) is 10.1. The van der Waals surface area contributed by atoms with Crippen LogP contribution < -0.4 is 10.6 Å². The highest BCUT2D eigenvalue weighted by Crippen LogP contribution is 2.35. The van der Waals surface area contributed by atoms with Gasteiger partial charge in [-0.3, -0.25) is 24.1 Å². The van der Waals surface area contributed by atoms with E-state index in [0.717, 1.165) is 18.4 Å². The Morgan fingerprint density at radius 1 is 1.00 bits per heavy atom. The molecule has 0 aliphatic carbocycles. The average molecular weight is 605 g/mol. The lowest BCUT2D eigenvalue weighted by molar-refractivity contribution is -0.166. The first-order chi connectivity index (χ1) is 21.3. The summed E-state index contributed by atoms with van der Waals surface area (Å²) in [4.78, 5) is 56.4. The molecule has 2 aromatic carbocycles. The molecule has 44 heavy (non-hydrogen) atoms. The maximum atomic E-state index is 13.8. The van der Waals surface area contributed by atoms with Gasteiger partial charge in [-0.25, -0.2) is 0 Å². The molecule has 3 heterocycles. The summed E-state index contributed by atoms with van der Waals surface area (Å²) >= 11 is 0. The van der Waals surface area contributed by atoms with E-state index >= 15 is 0 Å². The van der Waals surface area contributed by atoms with Gasteiger partial charge in [0.25, 0.3) is 5.91 Å². The topological polar surface area (TPSA) is 128 Å². The Balaban J connectivity index is 1.21. The fraction of sp³-hybridized carbons (Fsp3) is 0.529. The van der Waals surface area contributed by atoms with Gasteiger partial charge < -0.3 is 25.4 Å². The monoisotopic (exact) mass is 604 g/mol.